The van der Waals surface area contributed by atoms with E-state index >= 15 is 0 Å². The molecule has 0 spiro atoms. The standard InChI is InChI=1S/C14H23N/c1-5-6-12(3)10-15-14-8-7-11(2)9-13(14)4/h7-9,12,15H,5-6,10H2,1-4H3. The Morgan fingerprint density at radius 1 is 1.27 bits per heavy atom. The highest BCUT2D eigenvalue weighted by Gasteiger charge is 2.02. The predicted octanol–water partition coefficient (Wildman–Crippen LogP) is 4.15. The van der Waals surface area contributed by atoms with Crippen LogP contribution in [0.4, 0.5) is 5.69 Å². The van der Waals surface area contributed by atoms with Gasteiger partial charge in [0.15, 0.2) is 0 Å². The molecule has 0 fully saturated rings. The molecule has 1 atom stereocenters. The minimum atomic E-state index is 0.760. The molecule has 0 radical (unpaired) electrons. The molecule has 1 rings (SSSR count). The Kier molecular flexibility index (Phi) is 4.67. The first kappa shape index (κ1) is 12.1. The molecule has 1 N–H and O–H groups in total. The lowest BCUT2D eigenvalue weighted by atomic mass is 10.1. The summed E-state index contributed by atoms with van der Waals surface area (Å²) in [6.07, 6.45) is 2.58. The quantitative estimate of drug-likeness (QED) is 0.761. The normalized spacial score (nSPS) is 12.5. The summed E-state index contributed by atoms with van der Waals surface area (Å²) in [6.45, 7) is 9.93. The summed E-state index contributed by atoms with van der Waals surface area (Å²) >= 11 is 0. The second-order valence-corrected chi connectivity index (χ2v) is 4.59. The van der Waals surface area contributed by atoms with Crippen molar-refractivity contribution in [3.8, 4) is 0 Å². The number of anilines is 1. The molecule has 1 aromatic carbocycles. The van der Waals surface area contributed by atoms with E-state index in [4.69, 9.17) is 0 Å². The van der Waals surface area contributed by atoms with Gasteiger partial charge in [-0.3, -0.25) is 0 Å². The van der Waals surface area contributed by atoms with Crippen LogP contribution in [0.15, 0.2) is 18.2 Å². The van der Waals surface area contributed by atoms with E-state index < -0.39 is 0 Å². The third kappa shape index (κ3) is 3.94. The maximum atomic E-state index is 3.52. The Bertz CT molecular complexity index is 304. The number of nitrogens with one attached hydrogen (secondary N) is 1. The summed E-state index contributed by atoms with van der Waals surface area (Å²) < 4.78 is 0. The van der Waals surface area contributed by atoms with Crippen LogP contribution in [0.1, 0.15) is 37.8 Å². The molecule has 1 unspecified atom stereocenters. The average molecular weight is 205 g/mol. The summed E-state index contributed by atoms with van der Waals surface area (Å²) in [6, 6.07) is 6.58. The molecule has 1 nitrogen and oxygen atoms in total. The van der Waals surface area contributed by atoms with Crippen LogP contribution in [0, 0.1) is 19.8 Å². The number of benzene rings is 1. The molecule has 0 heterocycles. The van der Waals surface area contributed by atoms with Crippen LogP contribution < -0.4 is 5.32 Å². The monoisotopic (exact) mass is 205 g/mol. The Balaban J connectivity index is 2.50. The van der Waals surface area contributed by atoms with Gasteiger partial charge in [0.1, 0.15) is 0 Å². The summed E-state index contributed by atoms with van der Waals surface area (Å²) in [5.74, 6) is 0.760. The highest BCUT2D eigenvalue weighted by Crippen LogP contribution is 2.17. The van der Waals surface area contributed by atoms with E-state index in [0.717, 1.165) is 12.5 Å². The van der Waals surface area contributed by atoms with E-state index in [1.54, 1.807) is 0 Å². The van der Waals surface area contributed by atoms with Crippen molar-refractivity contribution in [2.45, 2.75) is 40.5 Å². The van der Waals surface area contributed by atoms with Gasteiger partial charge in [0.2, 0.25) is 0 Å². The van der Waals surface area contributed by atoms with E-state index in [0.29, 0.717) is 0 Å². The second-order valence-electron chi connectivity index (χ2n) is 4.59. The van der Waals surface area contributed by atoms with Gasteiger partial charge in [0, 0.05) is 12.2 Å². The molecular weight excluding hydrogens is 182 g/mol. The number of hydrogen-bond acceptors (Lipinski definition) is 1. The van der Waals surface area contributed by atoms with Crippen molar-refractivity contribution in [3.63, 3.8) is 0 Å². The number of rotatable bonds is 5. The molecule has 15 heavy (non-hydrogen) atoms. The van der Waals surface area contributed by atoms with Gasteiger partial charge < -0.3 is 5.32 Å². The van der Waals surface area contributed by atoms with Crippen LogP contribution in [0.2, 0.25) is 0 Å². The van der Waals surface area contributed by atoms with E-state index in [1.807, 2.05) is 0 Å². The number of aryl methyl sites for hydroxylation is 2. The first-order valence-corrected chi connectivity index (χ1v) is 5.94. The summed E-state index contributed by atoms with van der Waals surface area (Å²) in [5, 5.41) is 3.52. The Hall–Kier alpha value is -0.980. The van der Waals surface area contributed by atoms with Crippen molar-refractivity contribution in [3.05, 3.63) is 29.3 Å². The molecule has 0 aliphatic carbocycles. The van der Waals surface area contributed by atoms with Crippen molar-refractivity contribution in [2.24, 2.45) is 5.92 Å². The summed E-state index contributed by atoms with van der Waals surface area (Å²) in [7, 11) is 0. The van der Waals surface area contributed by atoms with Crippen molar-refractivity contribution in [2.75, 3.05) is 11.9 Å². The van der Waals surface area contributed by atoms with Gasteiger partial charge in [0.05, 0.1) is 0 Å². The van der Waals surface area contributed by atoms with E-state index in [1.165, 1.54) is 29.7 Å². The van der Waals surface area contributed by atoms with Gasteiger partial charge in [-0.2, -0.15) is 0 Å². The molecular formula is C14H23N. The maximum absolute atomic E-state index is 3.52. The molecule has 0 saturated heterocycles. The molecule has 0 aliphatic rings. The van der Waals surface area contributed by atoms with Crippen molar-refractivity contribution in [1.82, 2.24) is 0 Å². The first-order valence-electron chi connectivity index (χ1n) is 5.94. The minimum Gasteiger partial charge on any atom is -0.385 e. The average Bonchev–Trinajstić information content (AvgIpc) is 2.17. The topological polar surface area (TPSA) is 12.0 Å². The van der Waals surface area contributed by atoms with Gasteiger partial charge in [-0.15, -0.1) is 0 Å². The zero-order chi connectivity index (χ0) is 11.3. The molecule has 84 valence electrons. The van der Waals surface area contributed by atoms with E-state index in [-0.39, 0.29) is 0 Å². The maximum Gasteiger partial charge on any atom is 0.0370 e. The predicted molar refractivity (Wildman–Crippen MR) is 68.5 cm³/mol. The fourth-order valence-corrected chi connectivity index (χ4v) is 1.89. The molecule has 0 saturated carbocycles. The molecule has 1 aromatic rings. The molecule has 0 aliphatic heterocycles. The molecule has 0 aromatic heterocycles. The Morgan fingerprint density at radius 2 is 2.00 bits per heavy atom. The third-order valence-corrected chi connectivity index (χ3v) is 2.80. The van der Waals surface area contributed by atoms with Crippen molar-refractivity contribution in [1.29, 1.82) is 0 Å². The zero-order valence-corrected chi connectivity index (χ0v) is 10.4. The van der Waals surface area contributed by atoms with Gasteiger partial charge in [-0.1, -0.05) is 38.0 Å². The zero-order valence-electron chi connectivity index (χ0n) is 10.4. The summed E-state index contributed by atoms with van der Waals surface area (Å²) in [4.78, 5) is 0. The Morgan fingerprint density at radius 3 is 2.60 bits per heavy atom. The largest absolute Gasteiger partial charge is 0.385 e. The first-order chi connectivity index (χ1) is 7.13. The summed E-state index contributed by atoms with van der Waals surface area (Å²) in [5.41, 5.74) is 3.96. The second kappa shape index (κ2) is 5.79. The van der Waals surface area contributed by atoms with Gasteiger partial charge in [-0.05, 0) is 37.8 Å². The third-order valence-electron chi connectivity index (χ3n) is 2.80. The van der Waals surface area contributed by atoms with Crippen LogP contribution in [-0.4, -0.2) is 6.54 Å². The van der Waals surface area contributed by atoms with E-state index in [2.05, 4.69) is 51.2 Å². The fraction of sp³-hybridized carbons (Fsp3) is 0.571. The van der Waals surface area contributed by atoms with Crippen LogP contribution in [0.5, 0.6) is 0 Å². The van der Waals surface area contributed by atoms with Gasteiger partial charge in [-0.25, -0.2) is 0 Å². The number of hydrogen-bond donors (Lipinski definition) is 1. The molecule has 0 amide bonds. The lowest BCUT2D eigenvalue weighted by Gasteiger charge is -2.14. The van der Waals surface area contributed by atoms with Crippen molar-refractivity contribution < 1.29 is 0 Å². The minimum absolute atomic E-state index is 0.760. The lowest BCUT2D eigenvalue weighted by Crippen LogP contribution is -2.11. The SMILES string of the molecule is CCCC(C)CNc1ccc(C)cc1C. The van der Waals surface area contributed by atoms with Gasteiger partial charge >= 0.3 is 0 Å². The highest BCUT2D eigenvalue weighted by atomic mass is 14.9. The van der Waals surface area contributed by atoms with Crippen LogP contribution in [-0.2, 0) is 0 Å². The molecule has 1 heteroatoms. The fourth-order valence-electron chi connectivity index (χ4n) is 1.89. The lowest BCUT2D eigenvalue weighted by molar-refractivity contribution is 0.550. The van der Waals surface area contributed by atoms with Crippen LogP contribution in [0.25, 0.3) is 0 Å². The van der Waals surface area contributed by atoms with Crippen LogP contribution >= 0.6 is 0 Å². The smallest absolute Gasteiger partial charge is 0.0370 e. The van der Waals surface area contributed by atoms with Gasteiger partial charge in [0.25, 0.3) is 0 Å². The Labute approximate surface area is 93.9 Å². The van der Waals surface area contributed by atoms with Crippen molar-refractivity contribution >= 4 is 5.69 Å². The van der Waals surface area contributed by atoms with E-state index in [9.17, 15) is 0 Å². The highest BCUT2D eigenvalue weighted by molar-refractivity contribution is 5.51. The molecule has 0 bridgehead atoms. The van der Waals surface area contributed by atoms with Crippen LogP contribution in [0.3, 0.4) is 0 Å².